The van der Waals surface area contributed by atoms with Crippen LogP contribution in [-0.2, 0) is 17.1 Å². The molecule has 0 bridgehead atoms. The Hall–Kier alpha value is -2.22. The van der Waals surface area contributed by atoms with Crippen molar-refractivity contribution in [1.82, 2.24) is 9.55 Å². The second-order valence-electron chi connectivity index (χ2n) is 4.05. The molecule has 0 saturated carbocycles. The monoisotopic (exact) mass is 281 g/mol. The number of sulfonamides is 1. The minimum absolute atomic E-state index is 0.0346. The van der Waals surface area contributed by atoms with Crippen molar-refractivity contribution >= 4 is 15.7 Å². The molecule has 3 rings (SSSR count). The number of ether oxygens (including phenoxy) is 2. The second-order valence-corrected chi connectivity index (χ2v) is 5.68. The lowest BCUT2D eigenvalue weighted by Crippen LogP contribution is -2.13. The minimum atomic E-state index is -3.69. The highest BCUT2D eigenvalue weighted by molar-refractivity contribution is 7.92. The van der Waals surface area contributed by atoms with E-state index in [2.05, 4.69) is 9.71 Å². The standard InChI is InChI=1S/C11H11N3O4S/c1-14-5-11(12-6-14)19(15,16)13-8-2-3-9-10(4-8)18-7-17-9/h2-6,13H,7H2,1H3. The van der Waals surface area contributed by atoms with Gasteiger partial charge >= 0.3 is 0 Å². The summed E-state index contributed by atoms with van der Waals surface area (Å²) in [5.74, 6) is 1.11. The van der Waals surface area contributed by atoms with Gasteiger partial charge in [-0.1, -0.05) is 0 Å². The zero-order valence-electron chi connectivity index (χ0n) is 10.0. The predicted molar refractivity (Wildman–Crippen MR) is 66.6 cm³/mol. The fourth-order valence-electron chi connectivity index (χ4n) is 1.70. The maximum Gasteiger partial charge on any atom is 0.280 e. The lowest BCUT2D eigenvalue weighted by Gasteiger charge is -2.06. The summed E-state index contributed by atoms with van der Waals surface area (Å²) in [6, 6.07) is 4.83. The van der Waals surface area contributed by atoms with Crippen LogP contribution in [0.2, 0.25) is 0 Å². The van der Waals surface area contributed by atoms with Crippen molar-refractivity contribution in [2.75, 3.05) is 11.5 Å². The van der Waals surface area contributed by atoms with Gasteiger partial charge in [0.25, 0.3) is 10.0 Å². The molecule has 0 spiro atoms. The number of benzene rings is 1. The molecule has 7 nitrogen and oxygen atoms in total. The average Bonchev–Trinajstić information content (AvgIpc) is 2.96. The number of aryl methyl sites for hydroxylation is 1. The molecule has 100 valence electrons. The number of nitrogens with one attached hydrogen (secondary N) is 1. The van der Waals surface area contributed by atoms with Crippen LogP contribution in [0.3, 0.4) is 0 Å². The molecule has 1 aliphatic heterocycles. The van der Waals surface area contributed by atoms with Gasteiger partial charge in [0.15, 0.2) is 16.5 Å². The molecular formula is C11H11N3O4S. The number of hydrogen-bond acceptors (Lipinski definition) is 5. The Balaban J connectivity index is 1.89. The van der Waals surface area contributed by atoms with Crippen LogP contribution in [0.1, 0.15) is 0 Å². The predicted octanol–water partition coefficient (Wildman–Crippen LogP) is 0.950. The summed E-state index contributed by atoms with van der Waals surface area (Å²) in [5.41, 5.74) is 0.398. The highest BCUT2D eigenvalue weighted by atomic mass is 32.2. The Labute approximate surface area is 109 Å². The van der Waals surface area contributed by atoms with Crippen molar-refractivity contribution in [3.8, 4) is 11.5 Å². The topological polar surface area (TPSA) is 82.5 Å². The number of aromatic nitrogens is 2. The van der Waals surface area contributed by atoms with Crippen molar-refractivity contribution in [1.29, 1.82) is 0 Å². The van der Waals surface area contributed by atoms with E-state index in [-0.39, 0.29) is 11.8 Å². The summed E-state index contributed by atoms with van der Waals surface area (Å²) < 4.78 is 38.5. The van der Waals surface area contributed by atoms with Crippen LogP contribution in [0.5, 0.6) is 11.5 Å². The van der Waals surface area contributed by atoms with Gasteiger partial charge in [0, 0.05) is 19.3 Å². The summed E-state index contributed by atoms with van der Waals surface area (Å²) >= 11 is 0. The molecule has 0 saturated heterocycles. The molecule has 0 radical (unpaired) electrons. The summed E-state index contributed by atoms with van der Waals surface area (Å²) in [4.78, 5) is 3.81. The van der Waals surface area contributed by atoms with Gasteiger partial charge in [-0.05, 0) is 12.1 Å². The van der Waals surface area contributed by atoms with Crippen LogP contribution < -0.4 is 14.2 Å². The van der Waals surface area contributed by atoms with E-state index >= 15 is 0 Å². The Bertz CT molecular complexity index is 723. The van der Waals surface area contributed by atoms with Crippen LogP contribution in [0.25, 0.3) is 0 Å². The average molecular weight is 281 g/mol. The molecule has 1 aromatic carbocycles. The lowest BCUT2D eigenvalue weighted by molar-refractivity contribution is 0.174. The van der Waals surface area contributed by atoms with Gasteiger partial charge in [-0.2, -0.15) is 8.42 Å². The van der Waals surface area contributed by atoms with Crippen molar-refractivity contribution < 1.29 is 17.9 Å². The number of anilines is 1. The van der Waals surface area contributed by atoms with Gasteiger partial charge in [-0.15, -0.1) is 0 Å². The molecule has 0 unspecified atom stereocenters. The van der Waals surface area contributed by atoms with Crippen LogP contribution >= 0.6 is 0 Å². The second kappa shape index (κ2) is 4.16. The molecule has 1 N–H and O–H groups in total. The SMILES string of the molecule is Cn1cnc(S(=O)(=O)Nc2ccc3c(c2)OCO3)c1. The van der Waals surface area contributed by atoms with Crippen molar-refractivity contribution in [2.24, 2.45) is 7.05 Å². The fraction of sp³-hybridized carbons (Fsp3) is 0.182. The molecule has 0 amide bonds. The number of imidazole rings is 1. The highest BCUT2D eigenvalue weighted by Crippen LogP contribution is 2.34. The minimum Gasteiger partial charge on any atom is -0.454 e. The molecule has 1 aliphatic rings. The maximum absolute atomic E-state index is 12.1. The first-order chi connectivity index (χ1) is 9.04. The third kappa shape index (κ3) is 2.22. The Morgan fingerprint density at radius 1 is 1.32 bits per heavy atom. The van der Waals surface area contributed by atoms with Crippen molar-refractivity contribution in [3.63, 3.8) is 0 Å². The van der Waals surface area contributed by atoms with E-state index in [0.29, 0.717) is 17.2 Å². The zero-order chi connectivity index (χ0) is 13.5. The van der Waals surface area contributed by atoms with Crippen molar-refractivity contribution in [2.45, 2.75) is 5.03 Å². The summed E-state index contributed by atoms with van der Waals surface area (Å²) in [5, 5.41) is -0.0346. The van der Waals surface area contributed by atoms with E-state index in [1.807, 2.05) is 0 Å². The van der Waals surface area contributed by atoms with E-state index in [9.17, 15) is 8.42 Å². The number of rotatable bonds is 3. The van der Waals surface area contributed by atoms with Crippen LogP contribution in [0.4, 0.5) is 5.69 Å². The Morgan fingerprint density at radius 3 is 2.84 bits per heavy atom. The largest absolute Gasteiger partial charge is 0.454 e. The smallest absolute Gasteiger partial charge is 0.280 e. The summed E-state index contributed by atoms with van der Waals surface area (Å²) in [7, 11) is -1.99. The highest BCUT2D eigenvalue weighted by Gasteiger charge is 2.19. The molecule has 19 heavy (non-hydrogen) atoms. The quantitative estimate of drug-likeness (QED) is 0.905. The number of hydrogen-bond donors (Lipinski definition) is 1. The van der Waals surface area contributed by atoms with Gasteiger partial charge in [0.1, 0.15) is 0 Å². The number of fused-ring (bicyclic) bond motifs is 1. The van der Waals surface area contributed by atoms with Crippen LogP contribution in [-0.4, -0.2) is 24.8 Å². The van der Waals surface area contributed by atoms with Gasteiger partial charge in [-0.25, -0.2) is 4.98 Å². The van der Waals surface area contributed by atoms with E-state index in [0.717, 1.165) is 0 Å². The first-order valence-corrected chi connectivity index (χ1v) is 6.93. The molecular weight excluding hydrogens is 270 g/mol. The normalized spacial score (nSPS) is 13.5. The van der Waals surface area contributed by atoms with E-state index < -0.39 is 10.0 Å². The first kappa shape index (κ1) is 11.8. The first-order valence-electron chi connectivity index (χ1n) is 5.45. The van der Waals surface area contributed by atoms with E-state index in [1.54, 1.807) is 29.8 Å². The summed E-state index contributed by atoms with van der Waals surface area (Å²) in [6.45, 7) is 0.145. The van der Waals surface area contributed by atoms with Gasteiger partial charge < -0.3 is 14.0 Å². The molecule has 0 aliphatic carbocycles. The van der Waals surface area contributed by atoms with Crippen molar-refractivity contribution in [3.05, 3.63) is 30.7 Å². The van der Waals surface area contributed by atoms with Gasteiger partial charge in [0.05, 0.1) is 12.0 Å². The van der Waals surface area contributed by atoms with Crippen LogP contribution in [0.15, 0.2) is 35.7 Å². The van der Waals surface area contributed by atoms with E-state index in [4.69, 9.17) is 9.47 Å². The third-order valence-electron chi connectivity index (χ3n) is 2.58. The lowest BCUT2D eigenvalue weighted by atomic mass is 10.3. The van der Waals surface area contributed by atoms with Gasteiger partial charge in [0.2, 0.25) is 6.79 Å². The van der Waals surface area contributed by atoms with Gasteiger partial charge in [-0.3, -0.25) is 4.72 Å². The fourth-order valence-corrected chi connectivity index (χ4v) is 2.73. The molecule has 8 heteroatoms. The van der Waals surface area contributed by atoms with E-state index in [1.165, 1.54) is 12.5 Å². The molecule has 0 atom stereocenters. The zero-order valence-corrected chi connectivity index (χ0v) is 10.8. The third-order valence-corrected chi connectivity index (χ3v) is 3.85. The van der Waals surface area contributed by atoms with Crippen LogP contribution in [0, 0.1) is 0 Å². The molecule has 0 fully saturated rings. The molecule has 2 heterocycles. The molecule has 1 aromatic heterocycles. The Morgan fingerprint density at radius 2 is 2.11 bits per heavy atom. The number of nitrogens with zero attached hydrogens (tertiary/aromatic N) is 2. The summed E-state index contributed by atoms with van der Waals surface area (Å²) in [6.07, 6.45) is 2.85. The Kier molecular flexibility index (Phi) is 2.59. The maximum atomic E-state index is 12.1. The molecule has 2 aromatic rings.